The van der Waals surface area contributed by atoms with Crippen molar-refractivity contribution in [3.8, 4) is 0 Å². The van der Waals surface area contributed by atoms with Gasteiger partial charge in [0, 0.05) is 35.5 Å². The molecule has 0 aliphatic carbocycles. The number of likely N-dealkylation sites (tertiary alicyclic amines) is 1. The van der Waals surface area contributed by atoms with Gasteiger partial charge in [0.2, 0.25) is 5.91 Å². The number of hydrogen-bond donors (Lipinski definition) is 1. The van der Waals surface area contributed by atoms with Crippen LogP contribution in [0.3, 0.4) is 0 Å². The molecule has 1 aromatic carbocycles. The zero-order valence-corrected chi connectivity index (χ0v) is 16.8. The molecule has 1 N–H and O–H groups in total. The van der Waals surface area contributed by atoms with Crippen molar-refractivity contribution in [1.82, 2.24) is 4.90 Å². The van der Waals surface area contributed by atoms with E-state index in [1.165, 1.54) is 18.6 Å². The van der Waals surface area contributed by atoms with Crippen LogP contribution in [0, 0.1) is 0 Å². The molecule has 1 amide bonds. The van der Waals surface area contributed by atoms with E-state index in [1.54, 1.807) is 0 Å². The molecule has 0 unspecified atom stereocenters. The minimum Gasteiger partial charge on any atom is -0.385 e. The van der Waals surface area contributed by atoms with Crippen molar-refractivity contribution in [2.75, 3.05) is 18.8 Å². The first kappa shape index (κ1) is 19.4. The van der Waals surface area contributed by atoms with Crippen molar-refractivity contribution >= 4 is 39.1 Å². The first-order valence-electron chi connectivity index (χ1n) is 9.11. The second-order valence-corrected chi connectivity index (χ2v) is 10.2. The lowest BCUT2D eigenvalue weighted by atomic mass is 9.84. The van der Waals surface area contributed by atoms with E-state index in [0.29, 0.717) is 37.4 Å². The van der Waals surface area contributed by atoms with Crippen LogP contribution in [0.1, 0.15) is 50.5 Å². The molecule has 2 fully saturated rings. The predicted octanol–water partition coefficient (Wildman–Crippen LogP) is 4.86. The van der Waals surface area contributed by atoms with Gasteiger partial charge in [-0.3, -0.25) is 4.79 Å². The number of piperidine rings is 1. The van der Waals surface area contributed by atoms with Crippen molar-refractivity contribution in [3.63, 3.8) is 0 Å². The summed E-state index contributed by atoms with van der Waals surface area (Å²) in [6, 6.07) is 7.40. The number of halogens is 1. The number of benzene rings is 1. The lowest BCUT2D eigenvalue weighted by molar-refractivity contribution is -0.135. The van der Waals surface area contributed by atoms with Crippen LogP contribution in [0.15, 0.2) is 24.3 Å². The molecule has 2 aliphatic rings. The average molecular weight is 400 g/mol. The molecule has 2 heterocycles. The third-order valence-corrected chi connectivity index (χ3v) is 8.48. The minimum atomic E-state index is -0.835. The average Bonchev–Trinajstić information content (AvgIpc) is 3.13. The quantitative estimate of drug-likeness (QED) is 0.547. The van der Waals surface area contributed by atoms with Crippen LogP contribution in [-0.2, 0) is 10.4 Å². The number of carbonyl (C=O) groups excluding carboxylic acids is 1. The molecule has 0 spiro atoms. The Labute approximate surface area is 163 Å². The maximum Gasteiger partial charge on any atom is 0.222 e. The van der Waals surface area contributed by atoms with Crippen LogP contribution in [0.4, 0.5) is 0 Å². The standard InChI is InChI=1S/C19H26ClNO2S2/c20-16-7-5-15(6-8-16)19(23)10-12-21(13-11-19)18(22)4-2-1-3-17-9-14-24-25-17/h5-8,17,23H,1-4,9-14H2/t17-/m1/s1. The molecule has 3 rings (SSSR count). The summed E-state index contributed by atoms with van der Waals surface area (Å²) < 4.78 is 0. The van der Waals surface area contributed by atoms with E-state index in [4.69, 9.17) is 11.6 Å². The fourth-order valence-corrected chi connectivity index (χ4v) is 6.70. The molecule has 1 aromatic rings. The van der Waals surface area contributed by atoms with E-state index < -0.39 is 5.60 Å². The third-order valence-electron chi connectivity index (χ3n) is 5.22. The maximum atomic E-state index is 12.4. The summed E-state index contributed by atoms with van der Waals surface area (Å²) in [5, 5.41) is 12.4. The van der Waals surface area contributed by atoms with Crippen LogP contribution < -0.4 is 0 Å². The smallest absolute Gasteiger partial charge is 0.222 e. The molecule has 0 aromatic heterocycles. The molecule has 2 aliphatic heterocycles. The number of rotatable bonds is 6. The fourth-order valence-electron chi connectivity index (χ4n) is 3.55. The number of nitrogens with zero attached hydrogens (tertiary/aromatic N) is 1. The molecule has 6 heteroatoms. The van der Waals surface area contributed by atoms with E-state index >= 15 is 0 Å². The van der Waals surface area contributed by atoms with Crippen molar-refractivity contribution in [1.29, 1.82) is 0 Å². The van der Waals surface area contributed by atoms with Crippen molar-refractivity contribution < 1.29 is 9.90 Å². The summed E-state index contributed by atoms with van der Waals surface area (Å²) >= 11 is 5.93. The monoisotopic (exact) mass is 399 g/mol. The Kier molecular flexibility index (Phi) is 7.01. The molecule has 138 valence electrons. The van der Waals surface area contributed by atoms with Gasteiger partial charge in [0.15, 0.2) is 0 Å². The number of aliphatic hydroxyl groups is 1. The predicted molar refractivity (Wildman–Crippen MR) is 108 cm³/mol. The first-order valence-corrected chi connectivity index (χ1v) is 11.9. The van der Waals surface area contributed by atoms with Gasteiger partial charge in [-0.1, -0.05) is 51.7 Å². The van der Waals surface area contributed by atoms with Crippen LogP contribution in [0.25, 0.3) is 0 Å². The Bertz CT molecular complexity index is 567. The second kappa shape index (κ2) is 9.03. The summed E-state index contributed by atoms with van der Waals surface area (Å²) in [7, 11) is 3.99. The SMILES string of the molecule is O=C(CCCC[C@@H]1CCSS1)N1CCC(O)(c2ccc(Cl)cc2)CC1. The highest BCUT2D eigenvalue weighted by atomic mass is 35.5. The normalized spacial score (nSPS) is 23.0. The highest BCUT2D eigenvalue weighted by Crippen LogP contribution is 2.40. The Balaban J connectivity index is 1.40. The molecular formula is C19H26ClNO2S2. The Hall–Kier alpha value is -0.360. The minimum absolute atomic E-state index is 0.242. The van der Waals surface area contributed by atoms with E-state index in [0.717, 1.165) is 23.7 Å². The Morgan fingerprint density at radius 2 is 1.96 bits per heavy atom. The molecule has 0 saturated carbocycles. The molecule has 0 radical (unpaired) electrons. The maximum absolute atomic E-state index is 12.4. The van der Waals surface area contributed by atoms with Gasteiger partial charge < -0.3 is 10.0 Å². The van der Waals surface area contributed by atoms with Gasteiger partial charge in [0.1, 0.15) is 0 Å². The first-order chi connectivity index (χ1) is 12.1. The van der Waals surface area contributed by atoms with Gasteiger partial charge in [0.25, 0.3) is 0 Å². The van der Waals surface area contributed by atoms with Crippen molar-refractivity contribution in [2.24, 2.45) is 0 Å². The molecule has 3 nitrogen and oxygen atoms in total. The van der Waals surface area contributed by atoms with E-state index in [-0.39, 0.29) is 5.91 Å². The van der Waals surface area contributed by atoms with Gasteiger partial charge >= 0.3 is 0 Å². The summed E-state index contributed by atoms with van der Waals surface area (Å²) in [6.07, 6.45) is 6.52. The van der Waals surface area contributed by atoms with Gasteiger partial charge in [-0.2, -0.15) is 0 Å². The van der Waals surface area contributed by atoms with Crippen LogP contribution >= 0.6 is 33.2 Å². The lowest BCUT2D eigenvalue weighted by Crippen LogP contribution is -2.45. The molecule has 1 atom stereocenters. The topological polar surface area (TPSA) is 40.5 Å². The number of carbonyl (C=O) groups is 1. The molecule has 25 heavy (non-hydrogen) atoms. The zero-order chi connectivity index (χ0) is 17.7. The van der Waals surface area contributed by atoms with Crippen LogP contribution in [0.5, 0.6) is 0 Å². The second-order valence-electron chi connectivity index (χ2n) is 6.99. The summed E-state index contributed by atoms with van der Waals surface area (Å²) in [5.74, 6) is 1.52. The summed E-state index contributed by atoms with van der Waals surface area (Å²) in [5.41, 5.74) is 0.0644. The Morgan fingerprint density at radius 1 is 1.24 bits per heavy atom. The molecule has 2 saturated heterocycles. The molecular weight excluding hydrogens is 374 g/mol. The number of amides is 1. The van der Waals surface area contributed by atoms with Crippen molar-refractivity contribution in [2.45, 2.75) is 55.8 Å². The highest BCUT2D eigenvalue weighted by Gasteiger charge is 2.35. The third kappa shape index (κ3) is 5.31. The number of hydrogen-bond acceptors (Lipinski definition) is 4. The van der Waals surface area contributed by atoms with Gasteiger partial charge in [0.05, 0.1) is 5.60 Å². The van der Waals surface area contributed by atoms with Crippen LogP contribution in [0.2, 0.25) is 5.02 Å². The highest BCUT2D eigenvalue weighted by molar-refractivity contribution is 8.77. The van der Waals surface area contributed by atoms with Crippen LogP contribution in [-0.4, -0.2) is 40.0 Å². The van der Waals surface area contributed by atoms with Gasteiger partial charge in [-0.05, 0) is 49.8 Å². The molecule has 0 bridgehead atoms. The van der Waals surface area contributed by atoms with E-state index in [2.05, 4.69) is 0 Å². The summed E-state index contributed by atoms with van der Waals surface area (Å²) in [6.45, 7) is 1.26. The fraction of sp³-hybridized carbons (Fsp3) is 0.632. The van der Waals surface area contributed by atoms with Gasteiger partial charge in [-0.25, -0.2) is 0 Å². The largest absolute Gasteiger partial charge is 0.385 e. The van der Waals surface area contributed by atoms with Gasteiger partial charge in [-0.15, -0.1) is 0 Å². The zero-order valence-electron chi connectivity index (χ0n) is 14.5. The summed E-state index contributed by atoms with van der Waals surface area (Å²) in [4.78, 5) is 14.3. The lowest BCUT2D eigenvalue weighted by Gasteiger charge is -2.38. The van der Waals surface area contributed by atoms with Crippen molar-refractivity contribution in [3.05, 3.63) is 34.9 Å². The Morgan fingerprint density at radius 3 is 2.60 bits per heavy atom. The van der Waals surface area contributed by atoms with E-state index in [9.17, 15) is 9.90 Å². The number of unbranched alkanes of at least 4 members (excludes halogenated alkanes) is 1. The van der Waals surface area contributed by atoms with E-state index in [1.807, 2.05) is 50.8 Å².